The molecule has 1 amide bonds. The van der Waals surface area contributed by atoms with Crippen LogP contribution in [0.5, 0.6) is 0 Å². The summed E-state index contributed by atoms with van der Waals surface area (Å²) in [6.45, 7) is 6.99. The van der Waals surface area contributed by atoms with Gasteiger partial charge in [0.05, 0.1) is 12.3 Å². The average molecular weight is 275 g/mol. The van der Waals surface area contributed by atoms with Crippen LogP contribution in [0.1, 0.15) is 28.7 Å². The van der Waals surface area contributed by atoms with Crippen molar-refractivity contribution in [2.45, 2.75) is 33.6 Å². The van der Waals surface area contributed by atoms with Crippen molar-refractivity contribution in [2.24, 2.45) is 5.92 Å². The average Bonchev–Trinajstić information content (AvgIpc) is 2.83. The molecule has 1 N–H and O–H groups in total. The molecule has 0 bridgehead atoms. The predicted octanol–water partition coefficient (Wildman–Crippen LogP) is 2.09. The van der Waals surface area contributed by atoms with Crippen molar-refractivity contribution < 1.29 is 14.7 Å². The van der Waals surface area contributed by atoms with Crippen LogP contribution in [0.3, 0.4) is 0 Å². The zero-order valence-electron chi connectivity index (χ0n) is 12.3. The van der Waals surface area contributed by atoms with Crippen LogP contribution in [-0.4, -0.2) is 35.0 Å². The SMILES string of the molecule is Cc1cc(C)c(CC(=O)N2CCC(C(=O)O)C2)c(C)c1. The first-order valence-electron chi connectivity index (χ1n) is 6.95. The van der Waals surface area contributed by atoms with Gasteiger partial charge in [-0.25, -0.2) is 0 Å². The fraction of sp³-hybridized carbons (Fsp3) is 0.500. The molecular weight excluding hydrogens is 254 g/mol. The van der Waals surface area contributed by atoms with Crippen molar-refractivity contribution in [2.75, 3.05) is 13.1 Å². The minimum absolute atomic E-state index is 0.0313. The summed E-state index contributed by atoms with van der Waals surface area (Å²) in [5, 5.41) is 8.98. The number of amides is 1. The van der Waals surface area contributed by atoms with Crippen molar-refractivity contribution in [1.29, 1.82) is 0 Å². The van der Waals surface area contributed by atoms with Gasteiger partial charge in [0, 0.05) is 13.1 Å². The first-order valence-corrected chi connectivity index (χ1v) is 6.95. The molecule has 0 spiro atoms. The van der Waals surface area contributed by atoms with Crippen LogP contribution in [0.4, 0.5) is 0 Å². The Morgan fingerprint density at radius 2 is 1.85 bits per heavy atom. The smallest absolute Gasteiger partial charge is 0.308 e. The van der Waals surface area contributed by atoms with Gasteiger partial charge in [-0.2, -0.15) is 0 Å². The van der Waals surface area contributed by atoms with Gasteiger partial charge in [0.2, 0.25) is 5.91 Å². The highest BCUT2D eigenvalue weighted by molar-refractivity contribution is 5.81. The highest BCUT2D eigenvalue weighted by Gasteiger charge is 2.30. The molecule has 1 aliphatic heterocycles. The third-order valence-corrected chi connectivity index (χ3v) is 4.06. The van der Waals surface area contributed by atoms with E-state index in [-0.39, 0.29) is 5.91 Å². The molecule has 1 fully saturated rings. The Morgan fingerprint density at radius 3 is 2.35 bits per heavy atom. The molecule has 2 rings (SSSR count). The van der Waals surface area contributed by atoms with Gasteiger partial charge in [-0.3, -0.25) is 9.59 Å². The van der Waals surface area contributed by atoms with Crippen molar-refractivity contribution in [3.8, 4) is 0 Å². The summed E-state index contributed by atoms with van der Waals surface area (Å²) in [6, 6.07) is 4.17. The first kappa shape index (κ1) is 14.6. The van der Waals surface area contributed by atoms with E-state index in [0.717, 1.165) is 16.7 Å². The number of carbonyl (C=O) groups excluding carboxylic acids is 1. The van der Waals surface area contributed by atoms with E-state index >= 15 is 0 Å². The quantitative estimate of drug-likeness (QED) is 0.919. The van der Waals surface area contributed by atoms with Crippen molar-refractivity contribution in [3.63, 3.8) is 0 Å². The minimum atomic E-state index is -0.803. The number of benzene rings is 1. The van der Waals surface area contributed by atoms with Gasteiger partial charge in [0.1, 0.15) is 0 Å². The molecule has 1 unspecified atom stereocenters. The molecule has 1 saturated heterocycles. The molecule has 0 aliphatic carbocycles. The molecule has 20 heavy (non-hydrogen) atoms. The molecule has 1 aromatic rings. The van der Waals surface area contributed by atoms with E-state index in [1.807, 2.05) is 20.8 Å². The second-order valence-corrected chi connectivity index (χ2v) is 5.72. The number of hydrogen-bond donors (Lipinski definition) is 1. The van der Waals surface area contributed by atoms with Gasteiger partial charge in [-0.15, -0.1) is 0 Å². The summed E-state index contributed by atoms with van der Waals surface area (Å²) in [5.41, 5.74) is 4.53. The highest BCUT2D eigenvalue weighted by Crippen LogP contribution is 2.21. The largest absolute Gasteiger partial charge is 0.481 e. The van der Waals surface area contributed by atoms with E-state index in [4.69, 9.17) is 5.11 Å². The summed E-state index contributed by atoms with van der Waals surface area (Å²) in [7, 11) is 0. The Kier molecular flexibility index (Phi) is 4.12. The number of rotatable bonds is 3. The standard InChI is InChI=1S/C16H21NO3/c1-10-6-11(2)14(12(3)7-10)8-15(18)17-5-4-13(9-17)16(19)20/h6-7,13H,4-5,8-9H2,1-3H3,(H,19,20). The lowest BCUT2D eigenvalue weighted by Crippen LogP contribution is -2.31. The lowest BCUT2D eigenvalue weighted by molar-refractivity contribution is -0.141. The summed E-state index contributed by atoms with van der Waals surface area (Å²) >= 11 is 0. The fourth-order valence-corrected chi connectivity index (χ4v) is 2.94. The maximum Gasteiger partial charge on any atom is 0.308 e. The Bertz CT molecular complexity index is 528. The van der Waals surface area contributed by atoms with Crippen LogP contribution in [-0.2, 0) is 16.0 Å². The number of hydrogen-bond acceptors (Lipinski definition) is 2. The minimum Gasteiger partial charge on any atom is -0.481 e. The summed E-state index contributed by atoms with van der Waals surface area (Å²) in [4.78, 5) is 24.9. The maximum absolute atomic E-state index is 12.3. The van der Waals surface area contributed by atoms with E-state index in [2.05, 4.69) is 12.1 Å². The Balaban J connectivity index is 2.08. The van der Waals surface area contributed by atoms with Gasteiger partial charge < -0.3 is 10.0 Å². The molecule has 1 aliphatic rings. The van der Waals surface area contributed by atoms with E-state index in [1.54, 1.807) is 4.90 Å². The second-order valence-electron chi connectivity index (χ2n) is 5.72. The monoisotopic (exact) mass is 275 g/mol. The number of carboxylic acid groups (broad SMARTS) is 1. The van der Waals surface area contributed by atoms with E-state index in [0.29, 0.717) is 25.9 Å². The van der Waals surface area contributed by atoms with Gasteiger partial charge in [0.15, 0.2) is 0 Å². The summed E-state index contributed by atoms with van der Waals surface area (Å²) < 4.78 is 0. The number of aryl methyl sites for hydroxylation is 3. The fourth-order valence-electron chi connectivity index (χ4n) is 2.94. The molecule has 4 nitrogen and oxygen atoms in total. The van der Waals surface area contributed by atoms with Gasteiger partial charge in [-0.05, 0) is 43.9 Å². The maximum atomic E-state index is 12.3. The Morgan fingerprint density at radius 1 is 1.25 bits per heavy atom. The van der Waals surface area contributed by atoms with Crippen LogP contribution in [0, 0.1) is 26.7 Å². The number of nitrogens with zero attached hydrogens (tertiary/aromatic N) is 1. The van der Waals surface area contributed by atoms with Gasteiger partial charge in [0.25, 0.3) is 0 Å². The van der Waals surface area contributed by atoms with E-state index in [9.17, 15) is 9.59 Å². The Labute approximate surface area is 119 Å². The summed E-state index contributed by atoms with van der Waals surface area (Å²) in [5.74, 6) is -1.18. The van der Waals surface area contributed by atoms with Crippen LogP contribution in [0.25, 0.3) is 0 Å². The normalized spacial score (nSPS) is 18.4. The lowest BCUT2D eigenvalue weighted by atomic mass is 9.97. The number of carbonyl (C=O) groups is 2. The van der Waals surface area contributed by atoms with E-state index < -0.39 is 11.9 Å². The number of carboxylic acids is 1. The highest BCUT2D eigenvalue weighted by atomic mass is 16.4. The molecule has 108 valence electrons. The van der Waals surface area contributed by atoms with Gasteiger partial charge in [-0.1, -0.05) is 17.7 Å². The van der Waals surface area contributed by atoms with Crippen LogP contribution >= 0.6 is 0 Å². The third kappa shape index (κ3) is 3.00. The van der Waals surface area contributed by atoms with Crippen molar-refractivity contribution in [1.82, 2.24) is 4.90 Å². The van der Waals surface area contributed by atoms with Crippen molar-refractivity contribution >= 4 is 11.9 Å². The van der Waals surface area contributed by atoms with Crippen LogP contribution in [0.2, 0.25) is 0 Å². The third-order valence-electron chi connectivity index (χ3n) is 4.06. The second kappa shape index (κ2) is 5.65. The molecule has 0 aromatic heterocycles. The molecule has 0 radical (unpaired) electrons. The number of likely N-dealkylation sites (tertiary alicyclic amines) is 1. The molecule has 1 atom stereocenters. The molecule has 1 aromatic carbocycles. The molecule has 1 heterocycles. The molecular formula is C16H21NO3. The van der Waals surface area contributed by atoms with E-state index in [1.165, 1.54) is 5.56 Å². The first-order chi connectivity index (χ1) is 9.38. The zero-order valence-corrected chi connectivity index (χ0v) is 12.3. The summed E-state index contributed by atoms with van der Waals surface area (Å²) in [6.07, 6.45) is 0.928. The van der Waals surface area contributed by atoms with Crippen LogP contribution < -0.4 is 0 Å². The Hall–Kier alpha value is -1.84. The molecule has 4 heteroatoms. The number of aliphatic carboxylic acids is 1. The topological polar surface area (TPSA) is 57.6 Å². The van der Waals surface area contributed by atoms with Gasteiger partial charge >= 0.3 is 5.97 Å². The van der Waals surface area contributed by atoms with Crippen LogP contribution in [0.15, 0.2) is 12.1 Å². The zero-order chi connectivity index (χ0) is 14.9. The molecule has 0 saturated carbocycles. The lowest BCUT2D eigenvalue weighted by Gasteiger charge is -2.18. The predicted molar refractivity (Wildman–Crippen MR) is 76.7 cm³/mol. The van der Waals surface area contributed by atoms with Crippen molar-refractivity contribution in [3.05, 3.63) is 34.4 Å².